The summed E-state index contributed by atoms with van der Waals surface area (Å²) in [5, 5.41) is 1.97. The predicted molar refractivity (Wildman–Crippen MR) is 81.4 cm³/mol. The number of carbonyl (C=O) groups excluding carboxylic acids is 2. The summed E-state index contributed by atoms with van der Waals surface area (Å²) in [4.78, 5) is 26.1. The molecule has 0 N–H and O–H groups in total. The minimum absolute atomic E-state index is 0.0731. The molecule has 0 atom stereocenters. The first-order chi connectivity index (χ1) is 9.52. The molecule has 0 saturated heterocycles. The molecule has 5 heteroatoms. The van der Waals surface area contributed by atoms with Gasteiger partial charge < -0.3 is 9.64 Å². The zero-order valence-electron chi connectivity index (χ0n) is 12.2. The van der Waals surface area contributed by atoms with E-state index in [-0.39, 0.29) is 18.3 Å². The van der Waals surface area contributed by atoms with Crippen molar-refractivity contribution in [2.75, 3.05) is 20.2 Å². The Morgan fingerprint density at radius 2 is 2.20 bits per heavy atom. The van der Waals surface area contributed by atoms with Gasteiger partial charge in [0.2, 0.25) is 5.91 Å². The summed E-state index contributed by atoms with van der Waals surface area (Å²) >= 11 is 1.58. The second-order valence-electron chi connectivity index (χ2n) is 4.85. The molecule has 1 rings (SSSR count). The molecule has 0 spiro atoms. The Morgan fingerprint density at radius 1 is 1.45 bits per heavy atom. The molecule has 110 valence electrons. The van der Waals surface area contributed by atoms with Crippen LogP contribution in [0.1, 0.15) is 25.1 Å². The Labute approximate surface area is 124 Å². The van der Waals surface area contributed by atoms with E-state index in [9.17, 15) is 9.59 Å². The third kappa shape index (κ3) is 6.02. The van der Waals surface area contributed by atoms with Crippen molar-refractivity contribution in [3.63, 3.8) is 0 Å². The van der Waals surface area contributed by atoms with Crippen LogP contribution in [-0.2, 0) is 14.3 Å². The smallest absolute Gasteiger partial charge is 0.307 e. The fraction of sp³-hybridized carbons (Fsp3) is 0.467. The zero-order chi connectivity index (χ0) is 15.0. The van der Waals surface area contributed by atoms with E-state index in [1.807, 2.05) is 31.4 Å². The Kier molecular flexibility index (Phi) is 7.01. The van der Waals surface area contributed by atoms with Crippen LogP contribution in [-0.4, -0.2) is 37.0 Å². The summed E-state index contributed by atoms with van der Waals surface area (Å²) in [5.74, 6) is -0.0171. The molecule has 1 aromatic rings. The number of rotatable bonds is 7. The molecule has 0 unspecified atom stereocenters. The van der Waals surface area contributed by atoms with E-state index < -0.39 is 0 Å². The van der Waals surface area contributed by atoms with Gasteiger partial charge in [-0.3, -0.25) is 9.59 Å². The predicted octanol–water partition coefficient (Wildman–Crippen LogP) is 2.81. The highest BCUT2D eigenvalue weighted by molar-refractivity contribution is 7.10. The van der Waals surface area contributed by atoms with Crippen molar-refractivity contribution in [1.29, 1.82) is 0 Å². The lowest BCUT2D eigenvalue weighted by molar-refractivity contribution is -0.141. The number of carbonyl (C=O) groups is 2. The fourth-order valence-corrected chi connectivity index (χ4v) is 2.32. The average molecular weight is 295 g/mol. The average Bonchev–Trinajstić information content (AvgIpc) is 2.93. The van der Waals surface area contributed by atoms with Gasteiger partial charge in [0, 0.05) is 24.0 Å². The van der Waals surface area contributed by atoms with E-state index in [2.05, 4.69) is 4.74 Å². The quantitative estimate of drug-likeness (QED) is 0.574. The molecule has 0 fully saturated rings. The highest BCUT2D eigenvalue weighted by Gasteiger charge is 2.14. The number of ether oxygens (including phenoxy) is 1. The summed E-state index contributed by atoms with van der Waals surface area (Å²) in [6.07, 6.45) is 3.59. The summed E-state index contributed by atoms with van der Waals surface area (Å²) < 4.78 is 4.61. The van der Waals surface area contributed by atoms with E-state index in [1.54, 1.807) is 28.4 Å². The van der Waals surface area contributed by atoms with E-state index in [1.165, 1.54) is 7.11 Å². The summed E-state index contributed by atoms with van der Waals surface area (Å²) in [7, 11) is 1.35. The first-order valence-electron chi connectivity index (χ1n) is 6.60. The molecular weight excluding hydrogens is 274 g/mol. The molecule has 0 radical (unpaired) electrons. The number of nitrogens with zero attached hydrogens (tertiary/aromatic N) is 1. The molecule has 1 aromatic heterocycles. The number of methoxy groups -OCH3 is 1. The van der Waals surface area contributed by atoms with Crippen LogP contribution in [0.3, 0.4) is 0 Å². The minimum Gasteiger partial charge on any atom is -0.469 e. The zero-order valence-corrected chi connectivity index (χ0v) is 13.0. The van der Waals surface area contributed by atoms with E-state index in [4.69, 9.17) is 0 Å². The highest BCUT2D eigenvalue weighted by atomic mass is 32.1. The Hall–Kier alpha value is -1.62. The third-order valence-corrected chi connectivity index (χ3v) is 3.48. The van der Waals surface area contributed by atoms with Gasteiger partial charge >= 0.3 is 5.97 Å². The van der Waals surface area contributed by atoms with Crippen LogP contribution in [0.25, 0.3) is 6.08 Å². The van der Waals surface area contributed by atoms with Crippen molar-refractivity contribution < 1.29 is 14.3 Å². The van der Waals surface area contributed by atoms with E-state index in [0.717, 1.165) is 4.88 Å². The van der Waals surface area contributed by atoms with Gasteiger partial charge in [0.25, 0.3) is 0 Å². The van der Waals surface area contributed by atoms with Crippen LogP contribution in [0.4, 0.5) is 0 Å². The van der Waals surface area contributed by atoms with Crippen LogP contribution in [0.15, 0.2) is 23.6 Å². The highest BCUT2D eigenvalue weighted by Crippen LogP contribution is 2.11. The normalized spacial score (nSPS) is 11.0. The van der Waals surface area contributed by atoms with Crippen molar-refractivity contribution in [3.05, 3.63) is 28.5 Å². The molecule has 20 heavy (non-hydrogen) atoms. The first-order valence-corrected chi connectivity index (χ1v) is 7.48. The Morgan fingerprint density at radius 3 is 2.75 bits per heavy atom. The largest absolute Gasteiger partial charge is 0.469 e. The van der Waals surface area contributed by atoms with Crippen molar-refractivity contribution in [1.82, 2.24) is 4.90 Å². The van der Waals surface area contributed by atoms with Gasteiger partial charge in [-0.1, -0.05) is 19.9 Å². The maximum Gasteiger partial charge on any atom is 0.307 e. The van der Waals surface area contributed by atoms with Crippen LogP contribution in [0, 0.1) is 5.92 Å². The molecule has 0 aromatic carbocycles. The Balaban J connectivity index is 2.61. The van der Waals surface area contributed by atoms with Gasteiger partial charge in [-0.15, -0.1) is 11.3 Å². The van der Waals surface area contributed by atoms with Crippen LogP contribution in [0.2, 0.25) is 0 Å². The number of hydrogen-bond donors (Lipinski definition) is 0. The van der Waals surface area contributed by atoms with Crippen LogP contribution in [0.5, 0.6) is 0 Å². The molecule has 4 nitrogen and oxygen atoms in total. The lowest BCUT2D eigenvalue weighted by atomic mass is 10.2. The van der Waals surface area contributed by atoms with Gasteiger partial charge in [0.1, 0.15) is 0 Å². The fourth-order valence-electron chi connectivity index (χ4n) is 1.71. The lowest BCUT2D eigenvalue weighted by Crippen LogP contribution is -2.34. The van der Waals surface area contributed by atoms with Gasteiger partial charge in [-0.25, -0.2) is 0 Å². The van der Waals surface area contributed by atoms with E-state index >= 15 is 0 Å². The minimum atomic E-state index is -0.297. The monoisotopic (exact) mass is 295 g/mol. The van der Waals surface area contributed by atoms with Crippen LogP contribution >= 0.6 is 11.3 Å². The second kappa shape index (κ2) is 8.53. The van der Waals surface area contributed by atoms with Crippen molar-refractivity contribution >= 4 is 29.3 Å². The van der Waals surface area contributed by atoms with Crippen molar-refractivity contribution in [2.24, 2.45) is 5.92 Å². The SMILES string of the molecule is COC(=O)CCN(CC(C)C)C(=O)/C=C/c1cccs1. The van der Waals surface area contributed by atoms with Crippen molar-refractivity contribution in [2.45, 2.75) is 20.3 Å². The van der Waals surface area contributed by atoms with Gasteiger partial charge in [0.15, 0.2) is 0 Å². The molecule has 0 saturated carbocycles. The van der Waals surface area contributed by atoms with Crippen LogP contribution < -0.4 is 0 Å². The number of thiophene rings is 1. The van der Waals surface area contributed by atoms with Gasteiger partial charge in [-0.05, 0) is 23.4 Å². The van der Waals surface area contributed by atoms with Crippen molar-refractivity contribution in [3.8, 4) is 0 Å². The second-order valence-corrected chi connectivity index (χ2v) is 5.83. The topological polar surface area (TPSA) is 46.6 Å². The standard InChI is InChI=1S/C15H21NO3S/c1-12(2)11-16(9-8-15(18)19-3)14(17)7-6-13-5-4-10-20-13/h4-7,10,12H,8-9,11H2,1-3H3/b7-6+. The first kappa shape index (κ1) is 16.4. The maximum atomic E-state index is 12.2. The molecule has 0 aliphatic rings. The van der Waals surface area contributed by atoms with Gasteiger partial charge in [-0.2, -0.15) is 0 Å². The molecular formula is C15H21NO3S. The molecule has 0 aliphatic heterocycles. The molecule has 0 bridgehead atoms. The maximum absolute atomic E-state index is 12.2. The van der Waals surface area contributed by atoms with E-state index in [0.29, 0.717) is 19.0 Å². The summed E-state index contributed by atoms with van der Waals surface area (Å²) in [6.45, 7) is 5.10. The number of amides is 1. The Bertz CT molecular complexity index is 452. The number of hydrogen-bond acceptors (Lipinski definition) is 4. The third-order valence-electron chi connectivity index (χ3n) is 2.64. The molecule has 1 amide bonds. The molecule has 1 heterocycles. The van der Waals surface area contributed by atoms with Gasteiger partial charge in [0.05, 0.1) is 13.5 Å². The summed E-state index contributed by atoms with van der Waals surface area (Å²) in [6, 6.07) is 3.90. The molecule has 0 aliphatic carbocycles. The lowest BCUT2D eigenvalue weighted by Gasteiger charge is -2.22. The number of esters is 1. The summed E-state index contributed by atoms with van der Waals surface area (Å²) in [5.41, 5.74) is 0.